The van der Waals surface area contributed by atoms with Gasteiger partial charge in [0.15, 0.2) is 0 Å². The van der Waals surface area contributed by atoms with Crippen molar-refractivity contribution < 1.29 is 0 Å². The van der Waals surface area contributed by atoms with E-state index in [0.29, 0.717) is 0 Å². The zero-order chi connectivity index (χ0) is 12.2. The molecule has 0 saturated heterocycles. The fraction of sp³-hybridized carbons (Fsp3) is 0.571. The molecule has 0 aliphatic heterocycles. The summed E-state index contributed by atoms with van der Waals surface area (Å²) in [7, 11) is 4.18. The molecule has 2 nitrogen and oxygen atoms in total. The standard InChI is InChI=1S/C14H24N2/c1-14(2,3)15-10-12-6-8-13(9-7-12)11-16(4)5/h6-9,15H,10-11H2,1-5H3. The molecule has 0 radical (unpaired) electrons. The molecule has 2 heteroatoms. The first-order valence-electron chi connectivity index (χ1n) is 5.84. The third kappa shape index (κ3) is 5.29. The van der Waals surface area contributed by atoms with Crippen LogP contribution in [0.5, 0.6) is 0 Å². The molecule has 1 aromatic rings. The van der Waals surface area contributed by atoms with Gasteiger partial charge in [-0.15, -0.1) is 0 Å². The van der Waals surface area contributed by atoms with Crippen LogP contribution < -0.4 is 5.32 Å². The van der Waals surface area contributed by atoms with Gasteiger partial charge in [-0.3, -0.25) is 0 Å². The number of nitrogens with zero attached hydrogens (tertiary/aromatic N) is 1. The van der Waals surface area contributed by atoms with Crippen LogP contribution in [0.15, 0.2) is 24.3 Å². The third-order valence-corrected chi connectivity index (χ3v) is 2.34. The van der Waals surface area contributed by atoms with Gasteiger partial charge in [-0.25, -0.2) is 0 Å². The largest absolute Gasteiger partial charge is 0.308 e. The highest BCUT2D eigenvalue weighted by atomic mass is 15.0. The quantitative estimate of drug-likeness (QED) is 0.839. The van der Waals surface area contributed by atoms with Gasteiger partial charge in [0.1, 0.15) is 0 Å². The van der Waals surface area contributed by atoms with Crippen LogP contribution in [0, 0.1) is 0 Å². The van der Waals surface area contributed by atoms with Crippen LogP contribution in [-0.4, -0.2) is 24.5 Å². The van der Waals surface area contributed by atoms with Crippen LogP contribution in [-0.2, 0) is 13.1 Å². The molecule has 0 aliphatic carbocycles. The maximum atomic E-state index is 3.49. The molecule has 0 bridgehead atoms. The Morgan fingerprint density at radius 2 is 1.50 bits per heavy atom. The molecule has 0 heterocycles. The van der Waals surface area contributed by atoms with Gasteiger partial charge in [0.25, 0.3) is 0 Å². The molecule has 0 amide bonds. The van der Waals surface area contributed by atoms with Crippen LogP contribution in [0.4, 0.5) is 0 Å². The average Bonchev–Trinajstić information content (AvgIpc) is 2.14. The van der Waals surface area contributed by atoms with Crippen LogP contribution in [0.3, 0.4) is 0 Å². The summed E-state index contributed by atoms with van der Waals surface area (Å²) < 4.78 is 0. The van der Waals surface area contributed by atoms with E-state index < -0.39 is 0 Å². The van der Waals surface area contributed by atoms with Crippen molar-refractivity contribution in [3.05, 3.63) is 35.4 Å². The minimum Gasteiger partial charge on any atom is -0.308 e. The van der Waals surface area contributed by atoms with Gasteiger partial charge >= 0.3 is 0 Å². The molecule has 0 aliphatic rings. The third-order valence-electron chi connectivity index (χ3n) is 2.34. The molecule has 0 unspecified atom stereocenters. The van der Waals surface area contributed by atoms with Crippen LogP contribution >= 0.6 is 0 Å². The van der Waals surface area contributed by atoms with Gasteiger partial charge < -0.3 is 10.2 Å². The molecule has 1 N–H and O–H groups in total. The van der Waals surface area contributed by atoms with E-state index in [1.54, 1.807) is 0 Å². The van der Waals surface area contributed by atoms with Crippen molar-refractivity contribution >= 4 is 0 Å². The van der Waals surface area contributed by atoms with Crippen molar-refractivity contribution in [3.8, 4) is 0 Å². The fourth-order valence-electron chi connectivity index (χ4n) is 1.49. The molecule has 0 saturated carbocycles. The molecule has 1 aromatic carbocycles. The molecular formula is C14H24N2. The highest BCUT2D eigenvalue weighted by Crippen LogP contribution is 2.08. The maximum Gasteiger partial charge on any atom is 0.0227 e. The normalized spacial score (nSPS) is 12.1. The lowest BCUT2D eigenvalue weighted by atomic mass is 10.1. The topological polar surface area (TPSA) is 15.3 Å². The SMILES string of the molecule is CN(C)Cc1ccc(CNC(C)(C)C)cc1. The van der Waals surface area contributed by atoms with Crippen LogP contribution in [0.1, 0.15) is 31.9 Å². The Morgan fingerprint density at radius 1 is 1.00 bits per heavy atom. The Kier molecular flexibility index (Phi) is 4.51. The Balaban J connectivity index is 2.51. The van der Waals surface area contributed by atoms with Crippen LogP contribution in [0.25, 0.3) is 0 Å². The minimum atomic E-state index is 0.183. The lowest BCUT2D eigenvalue weighted by molar-refractivity contribution is 0.402. The first kappa shape index (κ1) is 13.2. The second-order valence-corrected chi connectivity index (χ2v) is 5.66. The first-order valence-corrected chi connectivity index (χ1v) is 5.84. The van der Waals surface area contributed by atoms with Crippen LogP contribution in [0.2, 0.25) is 0 Å². The molecule has 0 spiro atoms. The van der Waals surface area contributed by atoms with E-state index in [9.17, 15) is 0 Å². The Morgan fingerprint density at radius 3 is 1.94 bits per heavy atom. The van der Waals surface area contributed by atoms with E-state index >= 15 is 0 Å². The minimum absolute atomic E-state index is 0.183. The van der Waals surface area contributed by atoms with E-state index in [4.69, 9.17) is 0 Å². The van der Waals surface area contributed by atoms with Gasteiger partial charge in [-0.1, -0.05) is 24.3 Å². The van der Waals surface area contributed by atoms with E-state index in [1.807, 2.05) is 0 Å². The van der Waals surface area contributed by atoms with Gasteiger partial charge in [0, 0.05) is 18.6 Å². The van der Waals surface area contributed by atoms with Crippen molar-refractivity contribution in [3.63, 3.8) is 0 Å². The molecular weight excluding hydrogens is 196 g/mol. The number of benzene rings is 1. The van der Waals surface area contributed by atoms with E-state index in [2.05, 4.69) is 69.3 Å². The van der Waals surface area contributed by atoms with Crippen molar-refractivity contribution in [2.75, 3.05) is 14.1 Å². The highest BCUT2D eigenvalue weighted by Gasteiger charge is 2.07. The highest BCUT2D eigenvalue weighted by molar-refractivity contribution is 5.22. The number of nitrogens with one attached hydrogen (secondary N) is 1. The first-order chi connectivity index (χ1) is 7.37. The van der Waals surface area contributed by atoms with E-state index in [-0.39, 0.29) is 5.54 Å². The smallest absolute Gasteiger partial charge is 0.0227 e. The van der Waals surface area contributed by atoms with Gasteiger partial charge in [-0.05, 0) is 46.0 Å². The fourth-order valence-corrected chi connectivity index (χ4v) is 1.49. The molecule has 90 valence electrons. The summed E-state index contributed by atoms with van der Waals surface area (Å²) in [5, 5.41) is 3.49. The molecule has 0 fully saturated rings. The van der Waals surface area contributed by atoms with Crippen molar-refractivity contribution in [1.82, 2.24) is 10.2 Å². The second kappa shape index (κ2) is 5.46. The maximum absolute atomic E-state index is 3.49. The summed E-state index contributed by atoms with van der Waals surface area (Å²) in [5.41, 5.74) is 2.89. The lowest BCUT2D eigenvalue weighted by Crippen LogP contribution is -2.35. The van der Waals surface area contributed by atoms with E-state index in [1.165, 1.54) is 11.1 Å². The molecule has 1 rings (SSSR count). The van der Waals surface area contributed by atoms with Crippen molar-refractivity contribution in [2.45, 2.75) is 39.4 Å². The second-order valence-electron chi connectivity index (χ2n) is 5.66. The van der Waals surface area contributed by atoms with Gasteiger partial charge in [-0.2, -0.15) is 0 Å². The predicted octanol–water partition coefficient (Wildman–Crippen LogP) is 2.64. The summed E-state index contributed by atoms with van der Waals surface area (Å²) >= 11 is 0. The Bertz CT molecular complexity index is 307. The summed E-state index contributed by atoms with van der Waals surface area (Å²) in [6.45, 7) is 8.51. The van der Waals surface area contributed by atoms with Gasteiger partial charge in [0.2, 0.25) is 0 Å². The molecule has 0 aromatic heterocycles. The summed E-state index contributed by atoms with van der Waals surface area (Å²) in [6.07, 6.45) is 0. The van der Waals surface area contributed by atoms with Crippen molar-refractivity contribution in [2.24, 2.45) is 0 Å². The summed E-state index contributed by atoms with van der Waals surface area (Å²) in [5.74, 6) is 0. The van der Waals surface area contributed by atoms with Crippen molar-refractivity contribution in [1.29, 1.82) is 0 Å². The van der Waals surface area contributed by atoms with E-state index in [0.717, 1.165) is 13.1 Å². The summed E-state index contributed by atoms with van der Waals surface area (Å²) in [4.78, 5) is 2.18. The summed E-state index contributed by atoms with van der Waals surface area (Å²) in [6, 6.07) is 8.83. The average molecular weight is 220 g/mol. The number of rotatable bonds is 4. The zero-order valence-electron chi connectivity index (χ0n) is 11.2. The molecule has 16 heavy (non-hydrogen) atoms. The zero-order valence-corrected chi connectivity index (χ0v) is 11.2. The number of hydrogen-bond donors (Lipinski definition) is 1. The Hall–Kier alpha value is -0.860. The lowest BCUT2D eigenvalue weighted by Gasteiger charge is -2.20. The molecule has 0 atom stereocenters. The Labute approximate surface area is 99.7 Å². The predicted molar refractivity (Wildman–Crippen MR) is 70.4 cm³/mol. The number of hydrogen-bond acceptors (Lipinski definition) is 2. The van der Waals surface area contributed by atoms with Gasteiger partial charge in [0.05, 0.1) is 0 Å². The monoisotopic (exact) mass is 220 g/mol.